The molecule has 2 heterocycles. The first-order chi connectivity index (χ1) is 14.0. The van der Waals surface area contributed by atoms with E-state index in [0.717, 1.165) is 6.26 Å². The fourth-order valence-electron chi connectivity index (χ4n) is 3.66. The lowest BCUT2D eigenvalue weighted by Crippen LogP contribution is -2.41. The number of anilines is 2. The third kappa shape index (κ3) is 3.11. The van der Waals surface area contributed by atoms with Crippen LogP contribution in [0.15, 0.2) is 38.6 Å². The SMILES string of the molecule is Cc1c(=O)n(C)c(N)c2c(=O)n(C3CC3)c(=O)n(-c3cccc(NS(C)(=O)=O)c3)c12. The molecule has 0 bridgehead atoms. The first kappa shape index (κ1) is 20.0. The van der Waals surface area contributed by atoms with Gasteiger partial charge in [0.2, 0.25) is 10.0 Å². The number of nitrogens with one attached hydrogen (secondary N) is 1. The quantitative estimate of drug-likeness (QED) is 0.615. The summed E-state index contributed by atoms with van der Waals surface area (Å²) in [5, 5.41) is 0.0857. The van der Waals surface area contributed by atoms with Crippen molar-refractivity contribution in [2.24, 2.45) is 7.05 Å². The first-order valence-corrected chi connectivity index (χ1v) is 11.1. The normalized spacial score (nSPS) is 14.2. The minimum absolute atomic E-state index is 0.0286. The number of pyridine rings is 1. The topological polar surface area (TPSA) is 138 Å². The number of benzene rings is 1. The van der Waals surface area contributed by atoms with Crippen LogP contribution in [0.4, 0.5) is 11.5 Å². The molecule has 2 aromatic heterocycles. The van der Waals surface area contributed by atoms with Gasteiger partial charge in [-0.25, -0.2) is 13.2 Å². The Bertz CT molecular complexity index is 1490. The van der Waals surface area contributed by atoms with Crippen LogP contribution in [0.25, 0.3) is 16.6 Å². The lowest BCUT2D eigenvalue weighted by Gasteiger charge is -2.18. The number of aryl methyl sites for hydroxylation is 1. The zero-order valence-electron chi connectivity index (χ0n) is 16.7. The van der Waals surface area contributed by atoms with Crippen molar-refractivity contribution in [2.45, 2.75) is 25.8 Å². The molecule has 3 aromatic rings. The van der Waals surface area contributed by atoms with E-state index in [0.29, 0.717) is 18.5 Å². The van der Waals surface area contributed by atoms with Gasteiger partial charge in [-0.05, 0) is 38.0 Å². The van der Waals surface area contributed by atoms with Gasteiger partial charge in [0.1, 0.15) is 11.2 Å². The maximum Gasteiger partial charge on any atom is 0.336 e. The van der Waals surface area contributed by atoms with Crippen molar-refractivity contribution in [1.29, 1.82) is 0 Å². The Morgan fingerprint density at radius 3 is 2.40 bits per heavy atom. The average molecular weight is 431 g/mol. The number of rotatable bonds is 4. The molecule has 1 aromatic carbocycles. The Hall–Kier alpha value is -3.34. The highest BCUT2D eigenvalue weighted by Gasteiger charge is 2.31. The van der Waals surface area contributed by atoms with E-state index in [1.54, 1.807) is 12.1 Å². The molecule has 30 heavy (non-hydrogen) atoms. The molecular formula is C19H21N5O5S. The maximum atomic E-state index is 13.4. The van der Waals surface area contributed by atoms with Crippen molar-refractivity contribution >= 4 is 32.4 Å². The lowest BCUT2D eigenvalue weighted by molar-refractivity contribution is 0.607. The van der Waals surface area contributed by atoms with Gasteiger partial charge in [-0.1, -0.05) is 6.07 Å². The van der Waals surface area contributed by atoms with Crippen molar-refractivity contribution in [3.8, 4) is 5.69 Å². The molecule has 0 unspecified atom stereocenters. The van der Waals surface area contributed by atoms with Crippen LogP contribution in [0, 0.1) is 6.92 Å². The molecule has 1 fully saturated rings. The summed E-state index contributed by atoms with van der Waals surface area (Å²) in [5.41, 5.74) is 5.45. The molecule has 3 N–H and O–H groups in total. The number of fused-ring (bicyclic) bond motifs is 1. The van der Waals surface area contributed by atoms with Crippen LogP contribution in [0.5, 0.6) is 0 Å². The highest BCUT2D eigenvalue weighted by atomic mass is 32.2. The van der Waals surface area contributed by atoms with E-state index < -0.39 is 26.8 Å². The monoisotopic (exact) mass is 431 g/mol. The van der Waals surface area contributed by atoms with E-state index >= 15 is 0 Å². The van der Waals surface area contributed by atoms with E-state index in [1.807, 2.05) is 0 Å². The summed E-state index contributed by atoms with van der Waals surface area (Å²) in [7, 11) is -2.07. The highest BCUT2D eigenvalue weighted by Crippen LogP contribution is 2.33. The van der Waals surface area contributed by atoms with Gasteiger partial charge < -0.3 is 5.73 Å². The molecule has 1 saturated carbocycles. The van der Waals surface area contributed by atoms with Gasteiger partial charge in [0, 0.05) is 18.7 Å². The summed E-state index contributed by atoms with van der Waals surface area (Å²) >= 11 is 0. The van der Waals surface area contributed by atoms with Gasteiger partial charge >= 0.3 is 5.69 Å². The second-order valence-corrected chi connectivity index (χ2v) is 9.30. The molecule has 0 aliphatic heterocycles. The summed E-state index contributed by atoms with van der Waals surface area (Å²) in [6.07, 6.45) is 2.41. The van der Waals surface area contributed by atoms with Gasteiger partial charge in [-0.2, -0.15) is 0 Å². The summed E-state index contributed by atoms with van der Waals surface area (Å²) in [4.78, 5) is 39.2. The fraction of sp³-hybridized carbons (Fsp3) is 0.316. The molecule has 11 heteroatoms. The number of nitrogens with zero attached hydrogens (tertiary/aromatic N) is 3. The standard InChI is InChI=1S/C19H21N5O5S/c1-10-15-14(16(20)22(2)17(10)25)18(26)24(12-7-8-12)19(27)23(15)13-6-4-5-11(9-13)21-30(3,28)29/h4-6,9,12,21H,7-8,20H2,1-3H3. The van der Waals surface area contributed by atoms with Crippen LogP contribution < -0.4 is 27.3 Å². The van der Waals surface area contributed by atoms with Crippen LogP contribution in [0.1, 0.15) is 24.4 Å². The summed E-state index contributed by atoms with van der Waals surface area (Å²) in [6.45, 7) is 1.53. The zero-order valence-corrected chi connectivity index (χ0v) is 17.5. The summed E-state index contributed by atoms with van der Waals surface area (Å²) in [6, 6.07) is 5.96. The largest absolute Gasteiger partial charge is 0.384 e. The van der Waals surface area contributed by atoms with Crippen molar-refractivity contribution in [3.63, 3.8) is 0 Å². The van der Waals surface area contributed by atoms with Gasteiger partial charge in [-0.3, -0.25) is 28.0 Å². The molecule has 158 valence electrons. The fourth-order valence-corrected chi connectivity index (χ4v) is 4.21. The second-order valence-electron chi connectivity index (χ2n) is 7.55. The number of aromatic nitrogens is 3. The Morgan fingerprint density at radius 2 is 1.80 bits per heavy atom. The number of sulfonamides is 1. The van der Waals surface area contributed by atoms with E-state index in [4.69, 9.17) is 5.73 Å². The van der Waals surface area contributed by atoms with Gasteiger partial charge in [-0.15, -0.1) is 0 Å². The molecule has 0 atom stereocenters. The van der Waals surface area contributed by atoms with E-state index in [-0.39, 0.29) is 34.0 Å². The highest BCUT2D eigenvalue weighted by molar-refractivity contribution is 7.92. The predicted molar refractivity (Wildman–Crippen MR) is 115 cm³/mol. The smallest absolute Gasteiger partial charge is 0.336 e. The average Bonchev–Trinajstić information content (AvgIpc) is 3.48. The minimum Gasteiger partial charge on any atom is -0.384 e. The number of nitrogens with two attached hydrogens (primary N) is 1. The summed E-state index contributed by atoms with van der Waals surface area (Å²) in [5.74, 6) is -0.0286. The first-order valence-electron chi connectivity index (χ1n) is 9.26. The van der Waals surface area contributed by atoms with Crippen LogP contribution in [-0.4, -0.2) is 28.4 Å². The van der Waals surface area contributed by atoms with Crippen LogP contribution >= 0.6 is 0 Å². The van der Waals surface area contributed by atoms with Crippen molar-refractivity contribution in [2.75, 3.05) is 16.7 Å². The molecule has 0 spiro atoms. The van der Waals surface area contributed by atoms with Gasteiger partial charge in [0.15, 0.2) is 0 Å². The number of hydrogen-bond acceptors (Lipinski definition) is 6. The van der Waals surface area contributed by atoms with Gasteiger partial charge in [0.25, 0.3) is 11.1 Å². The van der Waals surface area contributed by atoms with Crippen molar-refractivity contribution in [1.82, 2.24) is 13.7 Å². The van der Waals surface area contributed by atoms with Crippen LogP contribution in [0.3, 0.4) is 0 Å². The van der Waals surface area contributed by atoms with Crippen molar-refractivity contribution < 1.29 is 8.42 Å². The molecule has 1 aliphatic rings. The number of nitrogen functional groups attached to an aromatic ring is 1. The Balaban J connectivity index is 2.18. The van der Waals surface area contributed by atoms with Crippen molar-refractivity contribution in [3.05, 3.63) is 61.0 Å². The molecule has 10 nitrogen and oxygen atoms in total. The Kier molecular flexibility index (Phi) is 4.38. The lowest BCUT2D eigenvalue weighted by atomic mass is 10.1. The van der Waals surface area contributed by atoms with Crippen LogP contribution in [0.2, 0.25) is 0 Å². The minimum atomic E-state index is -3.54. The number of hydrogen-bond donors (Lipinski definition) is 2. The molecule has 1 aliphatic carbocycles. The molecule has 0 radical (unpaired) electrons. The Morgan fingerprint density at radius 1 is 1.13 bits per heavy atom. The summed E-state index contributed by atoms with van der Waals surface area (Å²) < 4.78 is 29.2. The molecule has 0 saturated heterocycles. The second kappa shape index (κ2) is 6.59. The third-order valence-corrected chi connectivity index (χ3v) is 5.81. The van der Waals surface area contributed by atoms with E-state index in [2.05, 4.69) is 4.72 Å². The maximum absolute atomic E-state index is 13.4. The molecular weight excluding hydrogens is 410 g/mol. The third-order valence-electron chi connectivity index (χ3n) is 5.21. The van der Waals surface area contributed by atoms with E-state index in [9.17, 15) is 22.8 Å². The Labute approximate surface area is 171 Å². The molecule has 4 rings (SSSR count). The predicted octanol–water partition coefficient (Wildman–Crippen LogP) is 0.448. The zero-order chi connectivity index (χ0) is 22.0. The van der Waals surface area contributed by atoms with Crippen LogP contribution in [-0.2, 0) is 17.1 Å². The van der Waals surface area contributed by atoms with E-state index in [1.165, 1.54) is 39.8 Å². The molecule has 0 amide bonds. The van der Waals surface area contributed by atoms with Gasteiger partial charge in [0.05, 0.1) is 23.1 Å².